The fraction of sp³-hybridized carbons (Fsp3) is 1.00. The molecule has 0 aromatic rings. The van der Waals surface area contributed by atoms with Crippen LogP contribution in [0.5, 0.6) is 0 Å². The van der Waals surface area contributed by atoms with E-state index < -0.39 is 0 Å². The molecule has 3 fully saturated rings. The minimum Gasteiger partial charge on any atom is -0.315 e. The first kappa shape index (κ1) is 9.17. The van der Waals surface area contributed by atoms with Gasteiger partial charge in [0.1, 0.15) is 0 Å². The van der Waals surface area contributed by atoms with Gasteiger partial charge in [-0.2, -0.15) is 0 Å². The zero-order valence-electron chi connectivity index (χ0n) is 9.04. The fourth-order valence-corrected chi connectivity index (χ4v) is 3.02. The molecule has 3 rings (SSSR count). The van der Waals surface area contributed by atoms with Gasteiger partial charge in [0, 0.05) is 19.1 Å². The molecule has 0 radical (unpaired) electrons. The van der Waals surface area contributed by atoms with Crippen molar-refractivity contribution in [3.05, 3.63) is 0 Å². The van der Waals surface area contributed by atoms with Crippen molar-refractivity contribution in [3.8, 4) is 0 Å². The van der Waals surface area contributed by atoms with Crippen molar-refractivity contribution in [2.24, 2.45) is 11.8 Å². The number of nitrogens with one attached hydrogen (secondary N) is 1. The van der Waals surface area contributed by atoms with Crippen LogP contribution in [0.4, 0.5) is 0 Å². The van der Waals surface area contributed by atoms with Gasteiger partial charge < -0.3 is 5.32 Å². The topological polar surface area (TPSA) is 15.3 Å². The highest BCUT2D eigenvalue weighted by Crippen LogP contribution is 2.47. The Morgan fingerprint density at radius 2 is 1.64 bits per heavy atom. The van der Waals surface area contributed by atoms with Crippen LogP contribution in [0.15, 0.2) is 0 Å². The second-order valence-electron chi connectivity index (χ2n) is 5.30. The summed E-state index contributed by atoms with van der Waals surface area (Å²) in [6.45, 7) is 5.11. The van der Waals surface area contributed by atoms with Crippen LogP contribution in [0.1, 0.15) is 32.1 Å². The van der Waals surface area contributed by atoms with Gasteiger partial charge in [-0.1, -0.05) is 0 Å². The van der Waals surface area contributed by atoms with E-state index in [1.807, 2.05) is 0 Å². The van der Waals surface area contributed by atoms with Crippen molar-refractivity contribution >= 4 is 0 Å². The lowest BCUT2D eigenvalue weighted by molar-refractivity contribution is 0.166. The molecule has 1 heterocycles. The number of hydrogen-bond donors (Lipinski definition) is 1. The molecule has 3 aliphatic rings. The summed E-state index contributed by atoms with van der Waals surface area (Å²) < 4.78 is 0. The van der Waals surface area contributed by atoms with Crippen LogP contribution < -0.4 is 5.32 Å². The Hall–Kier alpha value is -0.0800. The predicted octanol–water partition coefficient (Wildman–Crippen LogP) is 1.47. The second-order valence-corrected chi connectivity index (χ2v) is 5.30. The highest BCUT2D eigenvalue weighted by molar-refractivity contribution is 4.98. The molecule has 2 nitrogen and oxygen atoms in total. The standard InChI is InChI=1S/C12H22N2/c1-6-13-7-9-14(8-1)12(10-2-3-10)11-4-5-11/h10-13H,1-9H2. The maximum atomic E-state index is 3.51. The Bertz CT molecular complexity index is 176. The molecule has 1 aliphatic heterocycles. The summed E-state index contributed by atoms with van der Waals surface area (Å²) in [6.07, 6.45) is 7.43. The molecule has 0 aromatic heterocycles. The zero-order valence-corrected chi connectivity index (χ0v) is 9.04. The average Bonchev–Trinajstić information content (AvgIpc) is 3.07. The van der Waals surface area contributed by atoms with E-state index in [9.17, 15) is 0 Å². The van der Waals surface area contributed by atoms with Gasteiger partial charge in [-0.05, 0) is 57.0 Å². The molecule has 80 valence electrons. The first-order valence-corrected chi connectivity index (χ1v) is 6.40. The average molecular weight is 194 g/mol. The van der Waals surface area contributed by atoms with Crippen molar-refractivity contribution in [2.75, 3.05) is 26.2 Å². The zero-order chi connectivity index (χ0) is 9.38. The van der Waals surface area contributed by atoms with Crippen molar-refractivity contribution in [2.45, 2.75) is 38.1 Å². The molecule has 0 atom stereocenters. The highest BCUT2D eigenvalue weighted by atomic mass is 15.2. The molecule has 2 heteroatoms. The molecule has 0 spiro atoms. The molecule has 0 aromatic carbocycles. The SMILES string of the molecule is C1CNCCN(C(C2CC2)C2CC2)C1. The van der Waals surface area contributed by atoms with Gasteiger partial charge in [0.05, 0.1) is 0 Å². The molecule has 14 heavy (non-hydrogen) atoms. The predicted molar refractivity (Wildman–Crippen MR) is 58.3 cm³/mol. The molecule has 2 aliphatic carbocycles. The fourth-order valence-electron chi connectivity index (χ4n) is 3.02. The smallest absolute Gasteiger partial charge is 0.0152 e. The van der Waals surface area contributed by atoms with Crippen molar-refractivity contribution in [1.29, 1.82) is 0 Å². The number of nitrogens with zero attached hydrogens (tertiary/aromatic N) is 1. The van der Waals surface area contributed by atoms with Crippen LogP contribution in [0.3, 0.4) is 0 Å². The van der Waals surface area contributed by atoms with Gasteiger partial charge in [0.2, 0.25) is 0 Å². The third-order valence-corrected chi connectivity index (χ3v) is 4.01. The van der Waals surface area contributed by atoms with E-state index in [2.05, 4.69) is 10.2 Å². The van der Waals surface area contributed by atoms with E-state index in [-0.39, 0.29) is 0 Å². The first-order valence-electron chi connectivity index (χ1n) is 6.40. The van der Waals surface area contributed by atoms with Crippen LogP contribution in [-0.4, -0.2) is 37.1 Å². The molecule has 0 unspecified atom stereocenters. The lowest BCUT2D eigenvalue weighted by Gasteiger charge is -2.30. The molecular weight excluding hydrogens is 172 g/mol. The van der Waals surface area contributed by atoms with E-state index in [4.69, 9.17) is 0 Å². The molecule has 0 bridgehead atoms. The third-order valence-electron chi connectivity index (χ3n) is 4.01. The Labute approximate surface area is 87.0 Å². The summed E-state index contributed by atoms with van der Waals surface area (Å²) in [7, 11) is 0. The van der Waals surface area contributed by atoms with Gasteiger partial charge in [-0.15, -0.1) is 0 Å². The first-order chi connectivity index (χ1) is 6.95. The van der Waals surface area contributed by atoms with E-state index in [0.717, 1.165) is 17.9 Å². The Morgan fingerprint density at radius 3 is 2.29 bits per heavy atom. The Morgan fingerprint density at radius 1 is 0.929 bits per heavy atom. The maximum absolute atomic E-state index is 3.51. The second kappa shape index (κ2) is 3.82. The highest BCUT2D eigenvalue weighted by Gasteiger charge is 2.44. The maximum Gasteiger partial charge on any atom is 0.0152 e. The van der Waals surface area contributed by atoms with Gasteiger partial charge in [0.25, 0.3) is 0 Å². The minimum atomic E-state index is 0.981. The molecule has 2 saturated carbocycles. The quantitative estimate of drug-likeness (QED) is 0.732. The van der Waals surface area contributed by atoms with Gasteiger partial charge in [0.15, 0.2) is 0 Å². The Balaban J connectivity index is 1.63. The number of hydrogen-bond acceptors (Lipinski definition) is 2. The van der Waals surface area contributed by atoms with Gasteiger partial charge in [-0.25, -0.2) is 0 Å². The molecular formula is C12H22N2. The summed E-state index contributed by atoms with van der Waals surface area (Å²) in [5.41, 5.74) is 0. The largest absolute Gasteiger partial charge is 0.315 e. The molecule has 1 N–H and O–H groups in total. The van der Waals surface area contributed by atoms with Crippen LogP contribution in [0.2, 0.25) is 0 Å². The third kappa shape index (κ3) is 1.96. The van der Waals surface area contributed by atoms with Gasteiger partial charge >= 0.3 is 0 Å². The summed E-state index contributed by atoms with van der Waals surface area (Å²) in [5, 5.41) is 3.51. The van der Waals surface area contributed by atoms with Crippen LogP contribution >= 0.6 is 0 Å². The Kier molecular flexibility index (Phi) is 2.50. The molecule has 0 amide bonds. The lowest BCUT2D eigenvalue weighted by Crippen LogP contribution is -2.40. The van der Waals surface area contributed by atoms with Gasteiger partial charge in [-0.3, -0.25) is 4.90 Å². The summed E-state index contributed by atoms with van der Waals surface area (Å²) in [6, 6.07) is 0.981. The van der Waals surface area contributed by atoms with E-state index in [0.29, 0.717) is 0 Å². The summed E-state index contributed by atoms with van der Waals surface area (Å²) >= 11 is 0. The monoisotopic (exact) mass is 194 g/mol. The summed E-state index contributed by atoms with van der Waals surface area (Å²) in [4.78, 5) is 2.80. The lowest BCUT2D eigenvalue weighted by atomic mass is 10.1. The van der Waals surface area contributed by atoms with Crippen molar-refractivity contribution in [3.63, 3.8) is 0 Å². The number of rotatable bonds is 3. The van der Waals surface area contributed by atoms with Crippen LogP contribution in [0, 0.1) is 11.8 Å². The minimum absolute atomic E-state index is 0.981. The van der Waals surface area contributed by atoms with Crippen molar-refractivity contribution < 1.29 is 0 Å². The van der Waals surface area contributed by atoms with E-state index in [1.54, 1.807) is 0 Å². The van der Waals surface area contributed by atoms with E-state index in [1.165, 1.54) is 58.3 Å². The molecule has 1 saturated heterocycles. The van der Waals surface area contributed by atoms with Crippen LogP contribution in [-0.2, 0) is 0 Å². The van der Waals surface area contributed by atoms with Crippen LogP contribution in [0.25, 0.3) is 0 Å². The van der Waals surface area contributed by atoms with Crippen molar-refractivity contribution in [1.82, 2.24) is 10.2 Å². The van der Waals surface area contributed by atoms with E-state index >= 15 is 0 Å². The summed E-state index contributed by atoms with van der Waals surface area (Å²) in [5.74, 6) is 2.17. The normalized spacial score (nSPS) is 30.6.